The molecule has 14 heavy (non-hydrogen) atoms. The van der Waals surface area contributed by atoms with Crippen LogP contribution in [0.15, 0.2) is 35.4 Å². The number of carboxylic acids is 1. The molecule has 2 aromatic heterocycles. The molecule has 0 atom stereocenters. The van der Waals surface area contributed by atoms with Gasteiger partial charge in [0, 0.05) is 18.0 Å². The minimum Gasteiger partial charge on any atom is -0.478 e. The van der Waals surface area contributed by atoms with Gasteiger partial charge in [-0.25, -0.2) is 4.79 Å². The SMILES string of the molecule is O=C(O)c1ccn(Cc2cnoc2)c1. The van der Waals surface area contributed by atoms with Crippen LogP contribution in [0.2, 0.25) is 0 Å². The van der Waals surface area contributed by atoms with Crippen LogP contribution in [0.4, 0.5) is 0 Å². The third-order valence-corrected chi connectivity index (χ3v) is 1.85. The van der Waals surface area contributed by atoms with Gasteiger partial charge in [-0.15, -0.1) is 0 Å². The minimum absolute atomic E-state index is 0.279. The predicted molar refractivity (Wildman–Crippen MR) is 47.0 cm³/mol. The van der Waals surface area contributed by atoms with Gasteiger partial charge >= 0.3 is 5.97 Å². The molecule has 0 fully saturated rings. The van der Waals surface area contributed by atoms with Crippen LogP contribution in [0.3, 0.4) is 0 Å². The van der Waals surface area contributed by atoms with Crippen LogP contribution in [-0.4, -0.2) is 20.8 Å². The van der Waals surface area contributed by atoms with E-state index in [1.165, 1.54) is 6.26 Å². The predicted octanol–water partition coefficient (Wildman–Crippen LogP) is 1.22. The molecule has 0 saturated carbocycles. The highest BCUT2D eigenvalue weighted by molar-refractivity contribution is 5.87. The van der Waals surface area contributed by atoms with Gasteiger partial charge in [0.05, 0.1) is 18.3 Å². The fourth-order valence-electron chi connectivity index (χ4n) is 1.18. The number of hydrogen-bond donors (Lipinski definition) is 1. The van der Waals surface area contributed by atoms with Crippen molar-refractivity contribution in [1.82, 2.24) is 9.72 Å². The number of carboxylic acid groups (broad SMARTS) is 1. The second-order valence-corrected chi connectivity index (χ2v) is 2.91. The van der Waals surface area contributed by atoms with E-state index in [4.69, 9.17) is 5.11 Å². The maximum absolute atomic E-state index is 10.6. The molecule has 5 nitrogen and oxygen atoms in total. The minimum atomic E-state index is -0.922. The van der Waals surface area contributed by atoms with Crippen molar-refractivity contribution in [2.75, 3.05) is 0 Å². The standard InChI is InChI=1S/C9H8N2O3/c12-9(13)8-1-2-11(5-8)4-7-3-10-14-6-7/h1-3,5-6H,4H2,(H,12,13). The van der Waals surface area contributed by atoms with Crippen LogP contribution in [0, 0.1) is 0 Å². The molecule has 0 spiro atoms. The number of nitrogens with zero attached hydrogens (tertiary/aromatic N) is 2. The van der Waals surface area contributed by atoms with E-state index in [0.717, 1.165) is 5.56 Å². The monoisotopic (exact) mass is 192 g/mol. The van der Waals surface area contributed by atoms with E-state index in [-0.39, 0.29) is 5.56 Å². The zero-order valence-corrected chi connectivity index (χ0v) is 7.25. The van der Waals surface area contributed by atoms with E-state index in [2.05, 4.69) is 9.68 Å². The van der Waals surface area contributed by atoms with E-state index in [0.29, 0.717) is 6.54 Å². The molecule has 5 heteroatoms. The van der Waals surface area contributed by atoms with E-state index < -0.39 is 5.97 Å². The van der Waals surface area contributed by atoms with E-state index >= 15 is 0 Å². The number of carbonyl (C=O) groups is 1. The van der Waals surface area contributed by atoms with Gasteiger partial charge in [-0.3, -0.25) is 0 Å². The summed E-state index contributed by atoms with van der Waals surface area (Å²) < 4.78 is 6.42. The van der Waals surface area contributed by atoms with Crippen LogP contribution in [0.1, 0.15) is 15.9 Å². The second kappa shape index (κ2) is 3.37. The van der Waals surface area contributed by atoms with E-state index in [1.54, 1.807) is 29.2 Å². The Morgan fingerprint density at radius 3 is 3.07 bits per heavy atom. The largest absolute Gasteiger partial charge is 0.478 e. The lowest BCUT2D eigenvalue weighted by atomic mass is 10.3. The van der Waals surface area contributed by atoms with Crippen molar-refractivity contribution in [1.29, 1.82) is 0 Å². The first kappa shape index (κ1) is 8.55. The van der Waals surface area contributed by atoms with Crippen LogP contribution >= 0.6 is 0 Å². The van der Waals surface area contributed by atoms with Crippen LogP contribution in [0.5, 0.6) is 0 Å². The Kier molecular flexibility index (Phi) is 2.06. The van der Waals surface area contributed by atoms with Gasteiger partial charge in [-0.2, -0.15) is 0 Å². The summed E-state index contributed by atoms with van der Waals surface area (Å²) in [6, 6.07) is 1.55. The van der Waals surface area contributed by atoms with Gasteiger partial charge in [0.15, 0.2) is 0 Å². The van der Waals surface area contributed by atoms with Crippen molar-refractivity contribution in [2.24, 2.45) is 0 Å². The average molecular weight is 192 g/mol. The molecule has 0 aromatic carbocycles. The summed E-state index contributed by atoms with van der Waals surface area (Å²) in [6.45, 7) is 0.566. The molecule has 0 aliphatic carbocycles. The Labute approximate surface area is 79.6 Å². The first-order chi connectivity index (χ1) is 6.75. The molecule has 0 saturated heterocycles. The van der Waals surface area contributed by atoms with Gasteiger partial charge in [0.2, 0.25) is 0 Å². The molecule has 0 aliphatic heterocycles. The summed E-state index contributed by atoms with van der Waals surface area (Å²) >= 11 is 0. The van der Waals surface area contributed by atoms with E-state index in [9.17, 15) is 4.79 Å². The van der Waals surface area contributed by atoms with Crippen molar-refractivity contribution in [3.63, 3.8) is 0 Å². The smallest absolute Gasteiger partial charge is 0.337 e. The third-order valence-electron chi connectivity index (χ3n) is 1.85. The molecule has 1 N–H and O–H groups in total. The fraction of sp³-hybridized carbons (Fsp3) is 0.111. The Bertz CT molecular complexity index is 431. The molecule has 72 valence electrons. The Balaban J connectivity index is 2.14. The molecule has 0 bridgehead atoms. The number of aromatic nitrogens is 2. The summed E-state index contributed by atoms with van der Waals surface area (Å²) in [5, 5.41) is 12.2. The van der Waals surface area contributed by atoms with Crippen LogP contribution in [0.25, 0.3) is 0 Å². The maximum Gasteiger partial charge on any atom is 0.337 e. The van der Waals surface area contributed by atoms with Crippen molar-refractivity contribution >= 4 is 5.97 Å². The van der Waals surface area contributed by atoms with Gasteiger partial charge in [-0.05, 0) is 6.07 Å². The Morgan fingerprint density at radius 2 is 2.50 bits per heavy atom. The van der Waals surface area contributed by atoms with Gasteiger partial charge < -0.3 is 14.2 Å². The molecule has 2 rings (SSSR count). The summed E-state index contributed by atoms with van der Waals surface area (Å²) in [6.07, 6.45) is 6.40. The maximum atomic E-state index is 10.6. The number of rotatable bonds is 3. The normalized spacial score (nSPS) is 10.3. The molecular weight excluding hydrogens is 184 g/mol. The lowest BCUT2D eigenvalue weighted by Crippen LogP contribution is -1.96. The van der Waals surface area contributed by atoms with Gasteiger partial charge in [0.25, 0.3) is 0 Å². The quantitative estimate of drug-likeness (QED) is 0.793. The lowest BCUT2D eigenvalue weighted by Gasteiger charge is -1.96. The fourth-order valence-corrected chi connectivity index (χ4v) is 1.18. The highest BCUT2D eigenvalue weighted by atomic mass is 16.5. The summed E-state index contributed by atoms with van der Waals surface area (Å²) in [5.74, 6) is -0.922. The number of hydrogen-bond acceptors (Lipinski definition) is 3. The zero-order chi connectivity index (χ0) is 9.97. The van der Waals surface area contributed by atoms with Crippen molar-refractivity contribution in [3.8, 4) is 0 Å². The molecule has 2 aromatic rings. The molecule has 2 heterocycles. The van der Waals surface area contributed by atoms with Crippen molar-refractivity contribution in [2.45, 2.75) is 6.54 Å². The summed E-state index contributed by atoms with van der Waals surface area (Å²) in [7, 11) is 0. The summed E-state index contributed by atoms with van der Waals surface area (Å²) in [4.78, 5) is 10.6. The highest BCUT2D eigenvalue weighted by Crippen LogP contribution is 2.05. The second-order valence-electron chi connectivity index (χ2n) is 2.91. The number of aromatic carboxylic acids is 1. The molecule has 0 unspecified atom stereocenters. The lowest BCUT2D eigenvalue weighted by molar-refractivity contribution is 0.0697. The summed E-state index contributed by atoms with van der Waals surface area (Å²) in [5.41, 5.74) is 1.18. The molecule has 0 aliphatic rings. The van der Waals surface area contributed by atoms with Crippen molar-refractivity contribution in [3.05, 3.63) is 42.0 Å². The zero-order valence-electron chi connectivity index (χ0n) is 7.25. The molecule has 0 radical (unpaired) electrons. The third kappa shape index (κ3) is 1.66. The van der Waals surface area contributed by atoms with Crippen LogP contribution in [-0.2, 0) is 6.54 Å². The topological polar surface area (TPSA) is 68.3 Å². The first-order valence-corrected chi connectivity index (χ1v) is 4.03. The van der Waals surface area contributed by atoms with Crippen molar-refractivity contribution < 1.29 is 14.4 Å². The van der Waals surface area contributed by atoms with Gasteiger partial charge in [-0.1, -0.05) is 5.16 Å². The van der Waals surface area contributed by atoms with Gasteiger partial charge in [0.1, 0.15) is 6.26 Å². The molecular formula is C9H8N2O3. The first-order valence-electron chi connectivity index (χ1n) is 4.03. The highest BCUT2D eigenvalue weighted by Gasteiger charge is 2.04. The van der Waals surface area contributed by atoms with E-state index in [1.807, 2.05) is 0 Å². The molecule has 0 amide bonds. The Hall–Kier alpha value is -2.04. The van der Waals surface area contributed by atoms with Crippen LogP contribution < -0.4 is 0 Å². The average Bonchev–Trinajstić information content (AvgIpc) is 2.75. The Morgan fingerprint density at radius 1 is 1.64 bits per heavy atom.